The number of nitrogens with one attached hydrogen (secondary N) is 2. The summed E-state index contributed by atoms with van der Waals surface area (Å²) in [5, 5.41) is 5.68. The van der Waals surface area contributed by atoms with Crippen molar-refractivity contribution in [3.8, 4) is 0 Å². The van der Waals surface area contributed by atoms with Crippen LogP contribution in [0.5, 0.6) is 0 Å². The Bertz CT molecular complexity index is 446. The van der Waals surface area contributed by atoms with Crippen LogP contribution >= 0.6 is 11.8 Å². The Balaban J connectivity index is 2.38. The summed E-state index contributed by atoms with van der Waals surface area (Å²) in [7, 11) is 0. The van der Waals surface area contributed by atoms with Crippen LogP contribution in [0, 0.1) is 0 Å². The van der Waals surface area contributed by atoms with Crippen molar-refractivity contribution in [2.75, 3.05) is 11.1 Å². The molecule has 0 aliphatic heterocycles. The minimum atomic E-state index is -0.0882. The number of hydrogen-bond acceptors (Lipinski definition) is 3. The molecule has 2 N–H and O–H groups in total. The Morgan fingerprint density at radius 2 is 1.90 bits per heavy atom. The van der Waals surface area contributed by atoms with Gasteiger partial charge in [0.15, 0.2) is 0 Å². The standard InChI is InChI=1S/C15H22N2O2S/c1-4-5-11(2)16-15(19)10-20-14-8-6-13(7-9-14)17-12(3)18/h6-9,11H,4-5,10H2,1-3H3,(H,16,19)(H,17,18)/t11-/m1/s1. The summed E-state index contributed by atoms with van der Waals surface area (Å²) in [6.07, 6.45) is 2.07. The second-order valence-electron chi connectivity index (χ2n) is 4.75. The van der Waals surface area contributed by atoms with E-state index < -0.39 is 0 Å². The van der Waals surface area contributed by atoms with Crippen molar-refractivity contribution in [2.24, 2.45) is 0 Å². The highest BCUT2D eigenvalue weighted by Crippen LogP contribution is 2.20. The molecular formula is C15H22N2O2S. The van der Waals surface area contributed by atoms with Crippen molar-refractivity contribution < 1.29 is 9.59 Å². The Hall–Kier alpha value is -1.49. The lowest BCUT2D eigenvalue weighted by Crippen LogP contribution is -2.33. The zero-order valence-electron chi connectivity index (χ0n) is 12.2. The van der Waals surface area contributed by atoms with Crippen molar-refractivity contribution in [1.82, 2.24) is 5.32 Å². The maximum Gasteiger partial charge on any atom is 0.230 e. The van der Waals surface area contributed by atoms with Gasteiger partial charge in [-0.3, -0.25) is 9.59 Å². The molecule has 1 aromatic carbocycles. The number of rotatable bonds is 7. The molecule has 20 heavy (non-hydrogen) atoms. The molecule has 0 spiro atoms. The molecule has 4 nitrogen and oxygen atoms in total. The molecule has 0 fully saturated rings. The number of anilines is 1. The third-order valence-electron chi connectivity index (χ3n) is 2.67. The molecule has 0 aliphatic carbocycles. The number of carbonyl (C=O) groups excluding carboxylic acids is 2. The van der Waals surface area contributed by atoms with E-state index >= 15 is 0 Å². The lowest BCUT2D eigenvalue weighted by Gasteiger charge is -2.12. The molecule has 0 saturated heterocycles. The van der Waals surface area contributed by atoms with Gasteiger partial charge in [0.25, 0.3) is 0 Å². The second kappa shape index (κ2) is 8.64. The topological polar surface area (TPSA) is 58.2 Å². The van der Waals surface area contributed by atoms with Gasteiger partial charge in [0, 0.05) is 23.5 Å². The normalized spacial score (nSPS) is 11.8. The molecule has 1 atom stereocenters. The molecule has 0 saturated carbocycles. The largest absolute Gasteiger partial charge is 0.353 e. The van der Waals surface area contributed by atoms with E-state index in [1.165, 1.54) is 18.7 Å². The number of amides is 2. The summed E-state index contributed by atoms with van der Waals surface area (Å²) in [4.78, 5) is 23.6. The zero-order valence-corrected chi connectivity index (χ0v) is 13.0. The molecule has 1 rings (SSSR count). The van der Waals surface area contributed by atoms with Crippen molar-refractivity contribution in [3.05, 3.63) is 24.3 Å². The summed E-state index contributed by atoms with van der Waals surface area (Å²) in [5.41, 5.74) is 0.767. The lowest BCUT2D eigenvalue weighted by molar-refractivity contribution is -0.119. The number of benzene rings is 1. The van der Waals surface area contributed by atoms with Crippen LogP contribution in [0.1, 0.15) is 33.6 Å². The predicted octanol–water partition coefficient (Wildman–Crippen LogP) is 3.04. The van der Waals surface area contributed by atoms with Crippen LogP contribution in [0.2, 0.25) is 0 Å². The van der Waals surface area contributed by atoms with E-state index in [-0.39, 0.29) is 17.9 Å². The highest BCUT2D eigenvalue weighted by Gasteiger charge is 2.07. The summed E-state index contributed by atoms with van der Waals surface area (Å²) in [6, 6.07) is 7.70. The van der Waals surface area contributed by atoms with Gasteiger partial charge >= 0.3 is 0 Å². The molecule has 1 aromatic rings. The molecule has 110 valence electrons. The van der Waals surface area contributed by atoms with E-state index in [9.17, 15) is 9.59 Å². The number of hydrogen-bond donors (Lipinski definition) is 2. The quantitative estimate of drug-likeness (QED) is 0.760. The summed E-state index contributed by atoms with van der Waals surface area (Å²) in [6.45, 7) is 5.60. The number of thioether (sulfide) groups is 1. The van der Waals surface area contributed by atoms with Crippen molar-refractivity contribution in [2.45, 2.75) is 44.6 Å². The Kier molecular flexibility index (Phi) is 7.15. The van der Waals surface area contributed by atoms with Crippen LogP contribution in [-0.2, 0) is 9.59 Å². The van der Waals surface area contributed by atoms with E-state index in [0.717, 1.165) is 23.4 Å². The highest BCUT2D eigenvalue weighted by molar-refractivity contribution is 8.00. The van der Waals surface area contributed by atoms with Gasteiger partial charge in [0.1, 0.15) is 0 Å². The first-order valence-electron chi connectivity index (χ1n) is 6.81. The maximum atomic E-state index is 11.7. The maximum absolute atomic E-state index is 11.7. The smallest absolute Gasteiger partial charge is 0.230 e. The monoisotopic (exact) mass is 294 g/mol. The fourth-order valence-electron chi connectivity index (χ4n) is 1.81. The van der Waals surface area contributed by atoms with Crippen LogP contribution in [0.4, 0.5) is 5.69 Å². The SMILES string of the molecule is CCC[C@@H](C)NC(=O)CSc1ccc(NC(C)=O)cc1. The predicted molar refractivity (Wildman–Crippen MR) is 84.0 cm³/mol. The summed E-state index contributed by atoms with van der Waals surface area (Å²) in [5.74, 6) is 0.379. The lowest BCUT2D eigenvalue weighted by atomic mass is 10.2. The molecular weight excluding hydrogens is 272 g/mol. The molecule has 2 amide bonds. The Morgan fingerprint density at radius 3 is 2.45 bits per heavy atom. The van der Waals surface area contributed by atoms with Crippen molar-refractivity contribution in [1.29, 1.82) is 0 Å². The zero-order chi connectivity index (χ0) is 15.0. The van der Waals surface area contributed by atoms with E-state index in [1.54, 1.807) is 0 Å². The first-order chi connectivity index (χ1) is 9.51. The van der Waals surface area contributed by atoms with Gasteiger partial charge < -0.3 is 10.6 Å². The third kappa shape index (κ3) is 6.61. The fourth-order valence-corrected chi connectivity index (χ4v) is 2.52. The summed E-state index contributed by atoms with van der Waals surface area (Å²) < 4.78 is 0. The molecule has 0 heterocycles. The molecule has 0 radical (unpaired) electrons. The van der Waals surface area contributed by atoms with Gasteiger partial charge in [-0.25, -0.2) is 0 Å². The van der Waals surface area contributed by atoms with E-state index in [2.05, 4.69) is 17.6 Å². The van der Waals surface area contributed by atoms with Crippen LogP contribution < -0.4 is 10.6 Å². The van der Waals surface area contributed by atoms with Gasteiger partial charge in [-0.05, 0) is 37.6 Å². The van der Waals surface area contributed by atoms with Gasteiger partial charge in [-0.2, -0.15) is 0 Å². The molecule has 0 aliphatic rings. The average Bonchev–Trinajstić information content (AvgIpc) is 2.37. The number of carbonyl (C=O) groups is 2. The minimum Gasteiger partial charge on any atom is -0.353 e. The second-order valence-corrected chi connectivity index (χ2v) is 5.80. The molecule has 5 heteroatoms. The first kappa shape index (κ1) is 16.6. The average molecular weight is 294 g/mol. The van der Waals surface area contributed by atoms with Crippen LogP contribution in [0.25, 0.3) is 0 Å². The van der Waals surface area contributed by atoms with Gasteiger partial charge in [-0.15, -0.1) is 11.8 Å². The first-order valence-corrected chi connectivity index (χ1v) is 7.79. The van der Waals surface area contributed by atoms with Crippen LogP contribution in [0.3, 0.4) is 0 Å². The van der Waals surface area contributed by atoms with Crippen molar-refractivity contribution >= 4 is 29.3 Å². The Labute approximate surface area is 124 Å². The van der Waals surface area contributed by atoms with E-state index in [0.29, 0.717) is 5.75 Å². The van der Waals surface area contributed by atoms with E-state index in [1.807, 2.05) is 31.2 Å². The molecule has 0 aromatic heterocycles. The van der Waals surface area contributed by atoms with Gasteiger partial charge in [-0.1, -0.05) is 13.3 Å². The van der Waals surface area contributed by atoms with Gasteiger partial charge in [0.05, 0.1) is 5.75 Å². The third-order valence-corrected chi connectivity index (χ3v) is 3.69. The minimum absolute atomic E-state index is 0.0573. The van der Waals surface area contributed by atoms with E-state index in [4.69, 9.17) is 0 Å². The molecule has 0 unspecified atom stereocenters. The van der Waals surface area contributed by atoms with Crippen LogP contribution in [-0.4, -0.2) is 23.6 Å². The van der Waals surface area contributed by atoms with Crippen LogP contribution in [0.15, 0.2) is 29.2 Å². The highest BCUT2D eigenvalue weighted by atomic mass is 32.2. The van der Waals surface area contributed by atoms with Crippen molar-refractivity contribution in [3.63, 3.8) is 0 Å². The fraction of sp³-hybridized carbons (Fsp3) is 0.467. The van der Waals surface area contributed by atoms with Gasteiger partial charge in [0.2, 0.25) is 11.8 Å². The summed E-state index contributed by atoms with van der Waals surface area (Å²) >= 11 is 1.49. The molecule has 0 bridgehead atoms. The Morgan fingerprint density at radius 1 is 1.25 bits per heavy atom.